The zero-order valence-corrected chi connectivity index (χ0v) is 19.1. The smallest absolute Gasteiger partial charge is 0.414 e. The first-order valence-electron chi connectivity index (χ1n) is 11.4. The third-order valence-electron chi connectivity index (χ3n) is 5.95. The van der Waals surface area contributed by atoms with Crippen molar-refractivity contribution in [2.45, 2.75) is 25.9 Å². The van der Waals surface area contributed by atoms with Crippen molar-refractivity contribution < 1.29 is 28.2 Å². The van der Waals surface area contributed by atoms with E-state index in [2.05, 4.69) is 5.32 Å². The quantitative estimate of drug-likeness (QED) is 0.598. The van der Waals surface area contributed by atoms with Crippen molar-refractivity contribution in [2.75, 3.05) is 49.2 Å². The van der Waals surface area contributed by atoms with Crippen molar-refractivity contribution in [3.8, 4) is 0 Å². The maximum Gasteiger partial charge on any atom is 0.414 e. The number of nitrogens with zero attached hydrogens (tertiary/aromatic N) is 2. The summed E-state index contributed by atoms with van der Waals surface area (Å²) in [7, 11) is 0. The molecule has 1 unspecified atom stereocenters. The number of ketones is 1. The van der Waals surface area contributed by atoms with Gasteiger partial charge in [0.2, 0.25) is 5.91 Å². The molecule has 2 heterocycles. The van der Waals surface area contributed by atoms with Crippen molar-refractivity contribution in [1.82, 2.24) is 5.32 Å². The van der Waals surface area contributed by atoms with Crippen LogP contribution in [0.15, 0.2) is 42.5 Å². The van der Waals surface area contributed by atoms with E-state index in [0.717, 1.165) is 5.56 Å². The van der Waals surface area contributed by atoms with E-state index in [1.807, 2.05) is 24.0 Å². The number of ether oxygens (including phenoxy) is 2. The average Bonchev–Trinajstić information content (AvgIpc) is 3.22. The van der Waals surface area contributed by atoms with Gasteiger partial charge in [-0.3, -0.25) is 14.5 Å². The Kier molecular flexibility index (Phi) is 7.42. The molecule has 0 bridgehead atoms. The van der Waals surface area contributed by atoms with Crippen LogP contribution in [0.4, 0.5) is 20.6 Å². The molecule has 0 spiro atoms. The number of Topliss-reactive ketones (excluding diaryl/α,β-unsaturated/α-hetero) is 1. The zero-order chi connectivity index (χ0) is 24.1. The summed E-state index contributed by atoms with van der Waals surface area (Å²) < 4.78 is 25.3. The van der Waals surface area contributed by atoms with Crippen LogP contribution >= 0.6 is 0 Å². The van der Waals surface area contributed by atoms with E-state index < -0.39 is 18.0 Å². The van der Waals surface area contributed by atoms with E-state index in [9.17, 15) is 18.8 Å². The summed E-state index contributed by atoms with van der Waals surface area (Å²) in [5, 5.41) is 2.71. The molecule has 4 rings (SSSR count). The van der Waals surface area contributed by atoms with Gasteiger partial charge in [0.15, 0.2) is 5.78 Å². The number of cyclic esters (lactones) is 1. The van der Waals surface area contributed by atoms with Gasteiger partial charge in [0, 0.05) is 31.5 Å². The topological polar surface area (TPSA) is 88.2 Å². The standard InChI is InChI=1S/C25H28FN3O5/c1-17-2-4-18(5-3-17)23(30)8-9-24(31)27-15-20-16-29(25(32)34-20)19-6-7-22(21(26)14-19)28-10-12-33-13-11-28/h2-7,14,20H,8-13,15-16H2,1H3,(H,27,31). The molecule has 2 fully saturated rings. The van der Waals surface area contributed by atoms with Gasteiger partial charge in [-0.2, -0.15) is 0 Å². The first kappa shape index (κ1) is 23.7. The molecular formula is C25H28FN3O5. The van der Waals surface area contributed by atoms with Crippen molar-refractivity contribution in [1.29, 1.82) is 0 Å². The van der Waals surface area contributed by atoms with Gasteiger partial charge in [0.25, 0.3) is 0 Å². The van der Waals surface area contributed by atoms with Crippen LogP contribution < -0.4 is 15.1 Å². The fraction of sp³-hybridized carbons (Fsp3) is 0.400. The predicted octanol–water partition coefficient (Wildman–Crippen LogP) is 3.08. The molecule has 0 saturated carbocycles. The first-order valence-corrected chi connectivity index (χ1v) is 11.4. The van der Waals surface area contributed by atoms with E-state index in [4.69, 9.17) is 9.47 Å². The highest BCUT2D eigenvalue weighted by atomic mass is 19.1. The lowest BCUT2D eigenvalue weighted by Gasteiger charge is -2.29. The Morgan fingerprint density at radius 3 is 2.53 bits per heavy atom. The largest absolute Gasteiger partial charge is 0.442 e. The molecule has 9 heteroatoms. The second-order valence-electron chi connectivity index (χ2n) is 8.44. The van der Waals surface area contributed by atoms with Crippen LogP contribution in [0.5, 0.6) is 0 Å². The molecule has 0 radical (unpaired) electrons. The lowest BCUT2D eigenvalue weighted by Crippen LogP contribution is -2.37. The lowest BCUT2D eigenvalue weighted by atomic mass is 10.0. The van der Waals surface area contributed by atoms with Gasteiger partial charge in [-0.05, 0) is 25.1 Å². The summed E-state index contributed by atoms with van der Waals surface area (Å²) in [6, 6.07) is 11.9. The van der Waals surface area contributed by atoms with Gasteiger partial charge in [-0.25, -0.2) is 9.18 Å². The molecule has 0 aliphatic carbocycles. The number of aryl methyl sites for hydroxylation is 1. The Morgan fingerprint density at radius 2 is 1.82 bits per heavy atom. The van der Waals surface area contributed by atoms with Gasteiger partial charge in [-0.1, -0.05) is 29.8 Å². The monoisotopic (exact) mass is 469 g/mol. The highest BCUT2D eigenvalue weighted by Gasteiger charge is 2.33. The molecule has 2 aliphatic rings. The molecule has 1 N–H and O–H groups in total. The fourth-order valence-electron chi connectivity index (χ4n) is 3.99. The second-order valence-corrected chi connectivity index (χ2v) is 8.44. The Morgan fingerprint density at radius 1 is 1.09 bits per heavy atom. The Bertz CT molecular complexity index is 1050. The Balaban J connectivity index is 1.25. The van der Waals surface area contributed by atoms with Crippen molar-refractivity contribution >= 4 is 29.2 Å². The van der Waals surface area contributed by atoms with E-state index >= 15 is 0 Å². The Labute approximate surface area is 197 Å². The zero-order valence-electron chi connectivity index (χ0n) is 19.1. The summed E-state index contributed by atoms with van der Waals surface area (Å²) in [6.07, 6.45) is -1.01. The average molecular weight is 470 g/mol. The molecule has 1 atom stereocenters. The summed E-state index contributed by atoms with van der Waals surface area (Å²) in [5.74, 6) is -0.811. The van der Waals surface area contributed by atoms with Crippen LogP contribution in [-0.4, -0.2) is 63.3 Å². The second kappa shape index (κ2) is 10.6. The third kappa shape index (κ3) is 5.72. The molecule has 34 heavy (non-hydrogen) atoms. The molecule has 0 aromatic heterocycles. The van der Waals surface area contributed by atoms with Crippen LogP contribution in [0.1, 0.15) is 28.8 Å². The summed E-state index contributed by atoms with van der Waals surface area (Å²) in [4.78, 5) is 40.0. The highest BCUT2D eigenvalue weighted by Crippen LogP contribution is 2.28. The number of nitrogens with one attached hydrogen (secondary N) is 1. The van der Waals surface area contributed by atoms with E-state index in [-0.39, 0.29) is 37.6 Å². The number of carbonyl (C=O) groups excluding carboxylic acids is 3. The molecule has 2 saturated heterocycles. The molecule has 2 aliphatic heterocycles. The molecule has 2 aromatic carbocycles. The molecule has 2 aromatic rings. The van der Waals surface area contributed by atoms with E-state index in [1.165, 1.54) is 11.0 Å². The molecular weight excluding hydrogens is 441 g/mol. The minimum Gasteiger partial charge on any atom is -0.442 e. The number of carbonyl (C=O) groups is 3. The SMILES string of the molecule is Cc1ccc(C(=O)CCC(=O)NCC2CN(c3ccc(N4CCOCC4)c(F)c3)C(=O)O2)cc1. The number of anilines is 2. The number of rotatable bonds is 8. The first-order chi connectivity index (χ1) is 16.4. The minimum atomic E-state index is -0.590. The maximum absolute atomic E-state index is 14.7. The van der Waals surface area contributed by atoms with Crippen LogP contribution in [0.25, 0.3) is 0 Å². The van der Waals surface area contributed by atoms with E-state index in [0.29, 0.717) is 43.2 Å². The predicted molar refractivity (Wildman–Crippen MR) is 125 cm³/mol. The normalized spacial score (nSPS) is 18.1. The van der Waals surface area contributed by atoms with Crippen LogP contribution in [0, 0.1) is 12.7 Å². The molecule has 180 valence electrons. The number of benzene rings is 2. The van der Waals surface area contributed by atoms with Gasteiger partial charge >= 0.3 is 6.09 Å². The van der Waals surface area contributed by atoms with Gasteiger partial charge in [-0.15, -0.1) is 0 Å². The summed E-state index contributed by atoms with van der Waals surface area (Å²) >= 11 is 0. The Hall–Kier alpha value is -3.46. The number of morpholine rings is 1. The minimum absolute atomic E-state index is 0.0469. The third-order valence-corrected chi connectivity index (χ3v) is 5.95. The van der Waals surface area contributed by atoms with Crippen molar-refractivity contribution in [2.24, 2.45) is 0 Å². The number of amides is 2. The van der Waals surface area contributed by atoms with Gasteiger partial charge in [0.05, 0.1) is 37.7 Å². The lowest BCUT2D eigenvalue weighted by molar-refractivity contribution is -0.121. The van der Waals surface area contributed by atoms with E-state index in [1.54, 1.807) is 24.3 Å². The summed E-state index contributed by atoms with van der Waals surface area (Å²) in [6.45, 7) is 4.57. The summed E-state index contributed by atoms with van der Waals surface area (Å²) in [5.41, 5.74) is 2.51. The van der Waals surface area contributed by atoms with Crippen LogP contribution in [-0.2, 0) is 14.3 Å². The van der Waals surface area contributed by atoms with Crippen LogP contribution in [0.3, 0.4) is 0 Å². The number of hydrogen-bond donors (Lipinski definition) is 1. The fourth-order valence-corrected chi connectivity index (χ4v) is 3.99. The number of hydrogen-bond acceptors (Lipinski definition) is 6. The highest BCUT2D eigenvalue weighted by molar-refractivity contribution is 5.98. The van der Waals surface area contributed by atoms with Crippen LogP contribution in [0.2, 0.25) is 0 Å². The number of halogens is 1. The molecule has 8 nitrogen and oxygen atoms in total. The van der Waals surface area contributed by atoms with Crippen molar-refractivity contribution in [3.05, 3.63) is 59.4 Å². The molecule has 2 amide bonds. The maximum atomic E-state index is 14.7. The van der Waals surface area contributed by atoms with Crippen molar-refractivity contribution in [3.63, 3.8) is 0 Å². The van der Waals surface area contributed by atoms with Gasteiger partial charge < -0.3 is 19.7 Å². The van der Waals surface area contributed by atoms with Gasteiger partial charge in [0.1, 0.15) is 11.9 Å².